The van der Waals surface area contributed by atoms with Crippen molar-refractivity contribution in [2.24, 2.45) is 10.7 Å². The SMILES string of the molecule is NC(=NC(=O)c1cn(C(c2ccccc2)(c2ccccc2)c2ccccc2)cn1)C1(c2ccc(-c3cnc(N)nc3)cc2)CCC1. The highest BCUT2D eigenvalue weighted by Gasteiger charge is 2.43. The zero-order chi connectivity index (χ0) is 31.6. The van der Waals surface area contributed by atoms with Crippen molar-refractivity contribution in [3.8, 4) is 11.1 Å². The number of nitrogens with two attached hydrogens (primary N) is 2. The molecule has 1 aliphatic carbocycles. The van der Waals surface area contributed by atoms with Gasteiger partial charge >= 0.3 is 0 Å². The standard InChI is InChI=1S/C38H33N7O/c39-35(37(21-10-22-37)29-19-17-27(18-20-29)28-23-41-36(40)42-24-28)44-34(46)33-25-45(26-43-33)38(30-11-4-1-5-12-30,31-13-6-2-7-14-31)32-15-8-3-9-16-32/h1-9,11-20,23-26H,10,21-22H2,(H2,39,44,46)(H2,40,41,42). The molecule has 1 aliphatic rings. The average Bonchev–Trinajstić information content (AvgIpc) is 3.58. The molecule has 0 unspecified atom stereocenters. The Morgan fingerprint density at radius 2 is 1.24 bits per heavy atom. The number of amides is 1. The van der Waals surface area contributed by atoms with Gasteiger partial charge in [-0.3, -0.25) is 4.79 Å². The lowest BCUT2D eigenvalue weighted by Gasteiger charge is -2.41. The Labute approximate surface area is 267 Å². The zero-order valence-corrected chi connectivity index (χ0v) is 25.2. The number of nitrogens with zero attached hydrogens (tertiary/aromatic N) is 5. The molecule has 7 rings (SSSR count). The van der Waals surface area contributed by atoms with Crippen molar-refractivity contribution in [1.29, 1.82) is 0 Å². The third-order valence-electron chi connectivity index (χ3n) is 9.13. The topological polar surface area (TPSA) is 125 Å². The molecule has 0 radical (unpaired) electrons. The molecule has 2 aromatic heterocycles. The van der Waals surface area contributed by atoms with Crippen LogP contribution in [-0.4, -0.2) is 31.3 Å². The average molecular weight is 604 g/mol. The number of carbonyl (C=O) groups excluding carboxylic acids is 1. The largest absolute Gasteiger partial charge is 0.386 e. The molecule has 0 aliphatic heterocycles. The second-order valence-electron chi connectivity index (χ2n) is 11.6. The molecule has 8 nitrogen and oxygen atoms in total. The number of hydrogen-bond donors (Lipinski definition) is 2. The number of hydrogen-bond acceptors (Lipinski definition) is 5. The van der Waals surface area contributed by atoms with Crippen molar-refractivity contribution in [1.82, 2.24) is 19.5 Å². The van der Waals surface area contributed by atoms with E-state index in [1.54, 1.807) is 24.9 Å². The number of carbonyl (C=O) groups is 1. The van der Waals surface area contributed by atoms with Gasteiger partial charge in [0.2, 0.25) is 5.95 Å². The molecule has 6 aromatic rings. The van der Waals surface area contributed by atoms with Gasteiger partial charge in [-0.2, -0.15) is 4.99 Å². The van der Waals surface area contributed by atoms with Gasteiger partial charge in [-0.25, -0.2) is 15.0 Å². The molecule has 0 saturated heterocycles. The number of nitrogen functional groups attached to an aromatic ring is 1. The number of imidazole rings is 1. The molecule has 46 heavy (non-hydrogen) atoms. The summed E-state index contributed by atoms with van der Waals surface area (Å²) in [6.45, 7) is 0. The zero-order valence-electron chi connectivity index (χ0n) is 25.2. The number of anilines is 1. The highest BCUT2D eigenvalue weighted by atomic mass is 16.1. The van der Waals surface area contributed by atoms with Gasteiger partial charge in [-0.1, -0.05) is 122 Å². The molecule has 4 N–H and O–H groups in total. The molecule has 8 heteroatoms. The first kappa shape index (κ1) is 28.9. The van der Waals surface area contributed by atoms with Crippen LogP contribution in [0.4, 0.5) is 5.95 Å². The summed E-state index contributed by atoms with van der Waals surface area (Å²) in [6.07, 6.45) is 9.52. The van der Waals surface area contributed by atoms with Crippen molar-refractivity contribution in [2.45, 2.75) is 30.2 Å². The molecule has 0 spiro atoms. The smallest absolute Gasteiger partial charge is 0.298 e. The Morgan fingerprint density at radius 3 is 1.72 bits per heavy atom. The Hall–Kier alpha value is -5.89. The van der Waals surface area contributed by atoms with E-state index < -0.39 is 16.9 Å². The van der Waals surface area contributed by atoms with Crippen molar-refractivity contribution in [3.05, 3.63) is 168 Å². The van der Waals surface area contributed by atoms with Crippen molar-refractivity contribution >= 4 is 17.7 Å². The first-order valence-corrected chi connectivity index (χ1v) is 15.3. The number of rotatable bonds is 8. The van der Waals surface area contributed by atoms with E-state index in [2.05, 4.69) is 56.3 Å². The van der Waals surface area contributed by atoms with Crippen LogP contribution in [0, 0.1) is 0 Å². The van der Waals surface area contributed by atoms with Crippen LogP contribution in [0.5, 0.6) is 0 Å². The van der Waals surface area contributed by atoms with Gasteiger partial charge in [-0.05, 0) is 40.7 Å². The maximum Gasteiger partial charge on any atom is 0.298 e. The molecular formula is C38H33N7O. The Morgan fingerprint density at radius 1 is 0.717 bits per heavy atom. The van der Waals surface area contributed by atoms with Gasteiger partial charge in [0, 0.05) is 24.2 Å². The molecule has 0 atom stereocenters. The van der Waals surface area contributed by atoms with Gasteiger partial charge in [0.1, 0.15) is 17.1 Å². The van der Waals surface area contributed by atoms with Gasteiger partial charge in [0.25, 0.3) is 5.91 Å². The van der Waals surface area contributed by atoms with Crippen LogP contribution in [0.25, 0.3) is 11.1 Å². The molecular weight excluding hydrogens is 570 g/mol. The van der Waals surface area contributed by atoms with Gasteiger partial charge in [0.15, 0.2) is 0 Å². The minimum atomic E-state index is -0.781. The van der Waals surface area contributed by atoms with E-state index in [1.165, 1.54) is 0 Å². The highest BCUT2D eigenvalue weighted by molar-refractivity contribution is 6.05. The molecule has 2 heterocycles. The predicted octanol–water partition coefficient (Wildman–Crippen LogP) is 6.38. The first-order valence-electron chi connectivity index (χ1n) is 15.3. The van der Waals surface area contributed by atoms with Crippen LogP contribution in [0.3, 0.4) is 0 Å². The van der Waals surface area contributed by atoms with Gasteiger partial charge in [-0.15, -0.1) is 0 Å². The second kappa shape index (κ2) is 11.9. The molecule has 226 valence electrons. The fraction of sp³-hybridized carbons (Fsp3) is 0.132. The van der Waals surface area contributed by atoms with Crippen LogP contribution in [0.1, 0.15) is 52.0 Å². The lowest BCUT2D eigenvalue weighted by Crippen LogP contribution is -2.47. The quantitative estimate of drug-likeness (QED) is 0.118. The van der Waals surface area contributed by atoms with Crippen molar-refractivity contribution in [3.63, 3.8) is 0 Å². The summed E-state index contributed by atoms with van der Waals surface area (Å²) in [7, 11) is 0. The summed E-state index contributed by atoms with van der Waals surface area (Å²) in [5, 5.41) is 0. The van der Waals surface area contributed by atoms with Crippen LogP contribution in [0.2, 0.25) is 0 Å². The second-order valence-corrected chi connectivity index (χ2v) is 11.6. The summed E-state index contributed by atoms with van der Waals surface area (Å²) in [5.74, 6) is 0.0710. The van der Waals surface area contributed by atoms with Gasteiger partial charge in [0.05, 0.1) is 11.7 Å². The minimum absolute atomic E-state index is 0.225. The summed E-state index contributed by atoms with van der Waals surface area (Å²) in [4.78, 5) is 31.0. The lowest BCUT2D eigenvalue weighted by molar-refractivity contribution is 0.0996. The van der Waals surface area contributed by atoms with E-state index in [1.807, 2.05) is 83.4 Å². The maximum absolute atomic E-state index is 13.7. The highest BCUT2D eigenvalue weighted by Crippen LogP contribution is 2.45. The Bertz CT molecular complexity index is 1890. The van der Waals surface area contributed by atoms with Crippen LogP contribution < -0.4 is 11.5 Å². The lowest BCUT2D eigenvalue weighted by atomic mass is 9.63. The summed E-state index contributed by atoms with van der Waals surface area (Å²) in [6, 6.07) is 38.9. The van der Waals surface area contributed by atoms with Crippen LogP contribution in [0.15, 0.2) is 145 Å². The third kappa shape index (κ3) is 4.94. The third-order valence-corrected chi connectivity index (χ3v) is 9.13. The normalized spacial score (nSPS) is 14.4. The van der Waals surface area contributed by atoms with Crippen LogP contribution in [-0.2, 0) is 11.0 Å². The number of aliphatic imine (C=N–C) groups is 1. The van der Waals surface area contributed by atoms with Crippen LogP contribution >= 0.6 is 0 Å². The minimum Gasteiger partial charge on any atom is -0.386 e. The molecule has 1 saturated carbocycles. The molecule has 4 aromatic carbocycles. The Kier molecular flexibility index (Phi) is 7.46. The number of amidine groups is 1. The maximum atomic E-state index is 13.7. The summed E-state index contributed by atoms with van der Waals surface area (Å²) < 4.78 is 2.00. The van der Waals surface area contributed by atoms with E-state index in [-0.39, 0.29) is 11.6 Å². The Balaban J connectivity index is 1.25. The fourth-order valence-corrected chi connectivity index (χ4v) is 6.57. The van der Waals surface area contributed by atoms with Crippen molar-refractivity contribution < 1.29 is 4.79 Å². The molecule has 1 amide bonds. The predicted molar refractivity (Wildman–Crippen MR) is 180 cm³/mol. The van der Waals surface area contributed by atoms with E-state index in [0.29, 0.717) is 5.84 Å². The van der Waals surface area contributed by atoms with E-state index >= 15 is 0 Å². The molecule has 1 fully saturated rings. The van der Waals surface area contributed by atoms with E-state index in [4.69, 9.17) is 11.5 Å². The van der Waals surface area contributed by atoms with E-state index in [9.17, 15) is 4.79 Å². The summed E-state index contributed by atoms with van der Waals surface area (Å²) in [5.41, 5.74) is 17.2. The number of aromatic nitrogens is 4. The van der Waals surface area contributed by atoms with Crippen molar-refractivity contribution in [2.75, 3.05) is 5.73 Å². The fourth-order valence-electron chi connectivity index (χ4n) is 6.57. The first-order chi connectivity index (χ1) is 22.5. The van der Waals surface area contributed by atoms with Gasteiger partial charge < -0.3 is 16.0 Å². The number of benzene rings is 4. The summed E-state index contributed by atoms with van der Waals surface area (Å²) >= 11 is 0. The molecule has 0 bridgehead atoms. The van der Waals surface area contributed by atoms with E-state index in [0.717, 1.165) is 52.6 Å². The monoisotopic (exact) mass is 603 g/mol.